The van der Waals surface area contributed by atoms with Gasteiger partial charge in [-0.1, -0.05) is 50.6 Å². The summed E-state index contributed by atoms with van der Waals surface area (Å²) in [5.74, 6) is 1.26. The molecule has 3 rings (SSSR count). The minimum absolute atomic E-state index is 0.0347. The van der Waals surface area contributed by atoms with Gasteiger partial charge in [-0.05, 0) is 55.4 Å². The molecule has 35 heavy (non-hydrogen) atoms. The lowest BCUT2D eigenvalue weighted by molar-refractivity contribution is -0.0784. The number of nitrogens with one attached hydrogen (secondary N) is 1. The highest BCUT2D eigenvalue weighted by Crippen LogP contribution is 2.40. The number of benzene rings is 2. The van der Waals surface area contributed by atoms with Crippen LogP contribution < -0.4 is 20.2 Å². The standard InChI is InChI=1S/C26H34ClN3O4Si/c1-25(2,3)35(5,6)34-21-13-12-18(14-20(21)27)29-23(15-22(28)26(4)16-32-17-26)30-24(31)33-19-10-8-7-9-11-19/h7-15H,16-17,28H2,1-6H3,(H,29,30,31). The van der Waals surface area contributed by atoms with Crippen LogP contribution in [0, 0.1) is 5.41 Å². The van der Waals surface area contributed by atoms with E-state index in [0.29, 0.717) is 41.1 Å². The Balaban J connectivity index is 1.87. The largest absolute Gasteiger partial charge is 0.543 e. The van der Waals surface area contributed by atoms with E-state index >= 15 is 0 Å². The van der Waals surface area contributed by atoms with Crippen molar-refractivity contribution < 1.29 is 18.7 Å². The molecule has 2 aromatic carbocycles. The summed E-state index contributed by atoms with van der Waals surface area (Å²) >= 11 is 6.55. The zero-order valence-electron chi connectivity index (χ0n) is 21.1. The lowest BCUT2D eigenvalue weighted by Gasteiger charge is -2.38. The number of carbonyl (C=O) groups excluding carboxylic acids is 1. The molecule has 0 aromatic heterocycles. The molecule has 0 spiro atoms. The predicted octanol–water partition coefficient (Wildman–Crippen LogP) is 6.42. The van der Waals surface area contributed by atoms with E-state index in [2.05, 4.69) is 44.2 Å². The molecule has 1 saturated heterocycles. The molecule has 1 heterocycles. The second kappa shape index (κ2) is 10.4. The zero-order chi connectivity index (χ0) is 25.9. The third-order valence-corrected chi connectivity index (χ3v) is 11.0. The number of hydrogen-bond acceptors (Lipinski definition) is 6. The Labute approximate surface area is 213 Å². The number of hydrogen-bond donors (Lipinski definition) is 2. The highest BCUT2D eigenvalue weighted by molar-refractivity contribution is 6.74. The van der Waals surface area contributed by atoms with Crippen LogP contribution in [0.2, 0.25) is 23.2 Å². The van der Waals surface area contributed by atoms with Gasteiger partial charge >= 0.3 is 6.09 Å². The summed E-state index contributed by atoms with van der Waals surface area (Å²) < 4.78 is 17.0. The average Bonchev–Trinajstić information content (AvgIpc) is 2.73. The molecule has 1 aliphatic heterocycles. The smallest absolute Gasteiger partial charge is 0.418 e. The van der Waals surface area contributed by atoms with Gasteiger partial charge in [0.25, 0.3) is 8.32 Å². The first kappa shape index (κ1) is 26.8. The molecule has 0 bridgehead atoms. The molecule has 188 valence electrons. The Hall–Kier alpha value is -2.81. The van der Waals surface area contributed by atoms with Crippen molar-refractivity contribution in [2.75, 3.05) is 13.2 Å². The number of halogens is 1. The first-order chi connectivity index (χ1) is 16.3. The molecule has 1 aliphatic rings. The second-order valence-corrected chi connectivity index (χ2v) is 15.6. The first-order valence-corrected chi connectivity index (χ1v) is 14.7. The van der Waals surface area contributed by atoms with Crippen LogP contribution in [-0.4, -0.2) is 33.5 Å². The summed E-state index contributed by atoms with van der Waals surface area (Å²) in [6.07, 6.45) is 0.945. The monoisotopic (exact) mass is 515 g/mol. The van der Waals surface area contributed by atoms with Gasteiger partial charge in [-0.15, -0.1) is 0 Å². The van der Waals surface area contributed by atoms with Gasteiger partial charge in [-0.2, -0.15) is 0 Å². The van der Waals surface area contributed by atoms with Gasteiger partial charge in [0.15, 0.2) is 0 Å². The fraction of sp³-hybridized carbons (Fsp3) is 0.385. The van der Waals surface area contributed by atoms with E-state index in [9.17, 15) is 4.79 Å². The van der Waals surface area contributed by atoms with Gasteiger partial charge in [-0.3, -0.25) is 5.32 Å². The molecule has 0 unspecified atom stereocenters. The number of nitrogens with two attached hydrogens (primary N) is 1. The van der Waals surface area contributed by atoms with E-state index in [1.54, 1.807) is 48.5 Å². The molecule has 7 nitrogen and oxygen atoms in total. The van der Waals surface area contributed by atoms with E-state index in [0.717, 1.165) is 0 Å². The predicted molar refractivity (Wildman–Crippen MR) is 143 cm³/mol. The summed E-state index contributed by atoms with van der Waals surface area (Å²) in [5, 5.41) is 3.16. The summed E-state index contributed by atoms with van der Waals surface area (Å²) in [6.45, 7) is 13.8. The van der Waals surface area contributed by atoms with E-state index in [4.69, 9.17) is 31.2 Å². The van der Waals surface area contributed by atoms with Gasteiger partial charge in [0.1, 0.15) is 17.3 Å². The van der Waals surface area contributed by atoms with Gasteiger partial charge < -0.3 is 19.6 Å². The third kappa shape index (κ3) is 6.87. The quantitative estimate of drug-likeness (QED) is 0.263. The van der Waals surface area contributed by atoms with Crippen molar-refractivity contribution in [2.45, 2.75) is 45.8 Å². The molecule has 0 aliphatic carbocycles. The number of ether oxygens (including phenoxy) is 2. The van der Waals surface area contributed by atoms with Crippen LogP contribution in [0.25, 0.3) is 0 Å². The maximum atomic E-state index is 12.5. The highest BCUT2D eigenvalue weighted by Gasteiger charge is 2.39. The summed E-state index contributed by atoms with van der Waals surface area (Å²) in [4.78, 5) is 17.1. The molecule has 3 N–H and O–H groups in total. The SMILES string of the molecule is CC1(C(N)=CC(=Nc2ccc(O[Si](C)(C)C(C)(C)C)c(Cl)c2)NC(=O)Oc2ccccc2)COC1. The van der Waals surface area contributed by atoms with Crippen LogP contribution in [0.1, 0.15) is 27.7 Å². The fourth-order valence-electron chi connectivity index (χ4n) is 2.93. The Morgan fingerprint density at radius 2 is 1.86 bits per heavy atom. The van der Waals surface area contributed by atoms with Crippen molar-refractivity contribution in [2.24, 2.45) is 16.1 Å². The van der Waals surface area contributed by atoms with E-state index < -0.39 is 14.4 Å². The van der Waals surface area contributed by atoms with Crippen molar-refractivity contribution in [1.82, 2.24) is 5.32 Å². The van der Waals surface area contributed by atoms with Crippen LogP contribution in [0.3, 0.4) is 0 Å². The summed E-state index contributed by atoms with van der Waals surface area (Å²) in [6, 6.07) is 14.1. The Morgan fingerprint density at radius 1 is 1.20 bits per heavy atom. The van der Waals surface area contributed by atoms with Crippen LogP contribution in [-0.2, 0) is 4.74 Å². The third-order valence-electron chi connectivity index (χ3n) is 6.35. The van der Waals surface area contributed by atoms with E-state index in [1.165, 1.54) is 0 Å². The number of rotatable bonds is 6. The summed E-state index contributed by atoms with van der Waals surface area (Å²) in [5.41, 5.74) is 7.09. The number of nitrogens with zero attached hydrogens (tertiary/aromatic N) is 1. The minimum Gasteiger partial charge on any atom is -0.543 e. The molecule has 2 aromatic rings. The molecule has 9 heteroatoms. The molecule has 0 atom stereocenters. The lowest BCUT2D eigenvalue weighted by atomic mass is 9.85. The van der Waals surface area contributed by atoms with Crippen molar-refractivity contribution in [3.05, 3.63) is 65.3 Å². The second-order valence-electron chi connectivity index (χ2n) is 10.5. The number of amides is 1. The van der Waals surface area contributed by atoms with Crippen molar-refractivity contribution >= 4 is 37.5 Å². The number of para-hydroxylation sites is 1. The van der Waals surface area contributed by atoms with Gasteiger partial charge in [0.05, 0.1) is 29.3 Å². The van der Waals surface area contributed by atoms with E-state index in [1.807, 2.05) is 13.0 Å². The normalized spacial score (nSPS) is 16.3. The summed E-state index contributed by atoms with van der Waals surface area (Å²) in [7, 11) is -2.06. The van der Waals surface area contributed by atoms with Crippen molar-refractivity contribution in [3.8, 4) is 11.5 Å². The number of carbonyl (C=O) groups is 1. The van der Waals surface area contributed by atoms with Gasteiger partial charge in [-0.25, -0.2) is 9.79 Å². The topological polar surface area (TPSA) is 95.2 Å². The minimum atomic E-state index is -2.06. The maximum Gasteiger partial charge on any atom is 0.418 e. The average molecular weight is 516 g/mol. The number of aliphatic imine (C=N–C) groups is 1. The van der Waals surface area contributed by atoms with E-state index in [-0.39, 0.29) is 16.3 Å². The molecule has 0 saturated carbocycles. The Morgan fingerprint density at radius 3 is 2.40 bits per heavy atom. The molecule has 1 fully saturated rings. The van der Waals surface area contributed by atoms with Crippen molar-refractivity contribution in [1.29, 1.82) is 0 Å². The van der Waals surface area contributed by atoms with Crippen molar-refractivity contribution in [3.63, 3.8) is 0 Å². The molecule has 0 radical (unpaired) electrons. The molecule has 1 amide bonds. The molecular weight excluding hydrogens is 482 g/mol. The van der Waals surface area contributed by atoms with Gasteiger partial charge in [0, 0.05) is 11.8 Å². The highest BCUT2D eigenvalue weighted by atomic mass is 35.5. The Bertz CT molecular complexity index is 1120. The van der Waals surface area contributed by atoms with Crippen LogP contribution in [0.4, 0.5) is 10.5 Å². The zero-order valence-corrected chi connectivity index (χ0v) is 22.9. The Kier molecular flexibility index (Phi) is 7.99. The lowest BCUT2D eigenvalue weighted by Crippen LogP contribution is -2.45. The van der Waals surface area contributed by atoms with Gasteiger partial charge in [0.2, 0.25) is 0 Å². The molecular formula is C26H34ClN3O4Si. The van der Waals surface area contributed by atoms with Crippen LogP contribution in [0.15, 0.2) is 65.3 Å². The van der Waals surface area contributed by atoms with Crippen LogP contribution >= 0.6 is 11.6 Å². The first-order valence-electron chi connectivity index (χ1n) is 11.5. The maximum absolute atomic E-state index is 12.5. The van der Waals surface area contributed by atoms with Crippen LogP contribution in [0.5, 0.6) is 11.5 Å². The fourth-order valence-corrected chi connectivity index (χ4v) is 4.24. The number of amidine groups is 1.